The van der Waals surface area contributed by atoms with Gasteiger partial charge >= 0.3 is 5.97 Å². The molecule has 1 heterocycles. The van der Waals surface area contributed by atoms with Crippen LogP contribution >= 0.6 is 0 Å². The first-order chi connectivity index (χ1) is 5.74. The molecule has 0 aromatic carbocycles. The molecule has 0 radical (unpaired) electrons. The molecule has 0 aliphatic carbocycles. The first-order valence-electron chi connectivity index (χ1n) is 4.20. The van der Waals surface area contributed by atoms with Crippen LogP contribution in [-0.2, 0) is 14.3 Å². The van der Waals surface area contributed by atoms with E-state index in [1.54, 1.807) is 6.92 Å². The van der Waals surface area contributed by atoms with Gasteiger partial charge in [0.1, 0.15) is 0 Å². The van der Waals surface area contributed by atoms with Crippen LogP contribution in [0.4, 0.5) is 0 Å². The van der Waals surface area contributed by atoms with Crippen molar-refractivity contribution in [1.82, 2.24) is 0 Å². The highest BCUT2D eigenvalue weighted by Gasteiger charge is 2.27. The molecule has 1 rings (SSSR count). The molecule has 0 aromatic heterocycles. The van der Waals surface area contributed by atoms with Crippen LogP contribution in [0.3, 0.4) is 0 Å². The molecule has 2 atom stereocenters. The van der Waals surface area contributed by atoms with Crippen molar-refractivity contribution >= 4 is 5.97 Å². The molecule has 1 aliphatic heterocycles. The molecule has 0 spiro atoms. The fourth-order valence-electron chi connectivity index (χ4n) is 0.904. The summed E-state index contributed by atoms with van der Waals surface area (Å²) in [5.74, 6) is 0.0411. The number of rotatable bonds is 4. The highest BCUT2D eigenvalue weighted by atomic mass is 16.6. The van der Waals surface area contributed by atoms with Gasteiger partial charge in [0.05, 0.1) is 19.3 Å². The van der Waals surface area contributed by atoms with Crippen LogP contribution in [0.2, 0.25) is 0 Å². The van der Waals surface area contributed by atoms with E-state index in [0.717, 1.165) is 6.61 Å². The van der Waals surface area contributed by atoms with E-state index >= 15 is 0 Å². The largest absolute Gasteiger partial charge is 0.463 e. The maximum Gasteiger partial charge on any atom is 0.330 e. The second kappa shape index (κ2) is 4.26. The van der Waals surface area contributed by atoms with Crippen LogP contribution in [0.1, 0.15) is 13.8 Å². The molecular formula is C9H14O3. The van der Waals surface area contributed by atoms with Crippen molar-refractivity contribution in [2.24, 2.45) is 5.92 Å². The van der Waals surface area contributed by atoms with Gasteiger partial charge in [0, 0.05) is 12.0 Å². The molecule has 0 aromatic rings. The van der Waals surface area contributed by atoms with Crippen molar-refractivity contribution in [3.8, 4) is 0 Å². The van der Waals surface area contributed by atoms with Crippen molar-refractivity contribution in [2.45, 2.75) is 20.0 Å². The second-order valence-electron chi connectivity index (χ2n) is 2.84. The van der Waals surface area contributed by atoms with Crippen LogP contribution in [0, 0.1) is 5.92 Å². The lowest BCUT2D eigenvalue weighted by atomic mass is 10.1. The van der Waals surface area contributed by atoms with Gasteiger partial charge in [-0.2, -0.15) is 0 Å². The van der Waals surface area contributed by atoms with E-state index in [-0.39, 0.29) is 5.97 Å². The van der Waals surface area contributed by atoms with Gasteiger partial charge in [-0.1, -0.05) is 13.0 Å². The van der Waals surface area contributed by atoms with E-state index in [0.29, 0.717) is 18.6 Å². The zero-order chi connectivity index (χ0) is 8.97. The molecule has 1 fully saturated rings. The molecule has 0 unspecified atom stereocenters. The molecule has 12 heavy (non-hydrogen) atoms. The summed E-state index contributed by atoms with van der Waals surface area (Å²) in [6.45, 7) is 5.05. The molecule has 0 amide bonds. The third kappa shape index (κ3) is 3.05. The Labute approximate surface area is 72.4 Å². The number of carbonyl (C=O) groups excluding carboxylic acids is 1. The van der Waals surface area contributed by atoms with E-state index in [1.165, 1.54) is 6.08 Å². The van der Waals surface area contributed by atoms with Gasteiger partial charge in [-0.25, -0.2) is 4.79 Å². The Balaban J connectivity index is 2.22. The number of hydrogen-bond acceptors (Lipinski definition) is 3. The van der Waals surface area contributed by atoms with E-state index in [1.807, 2.05) is 13.0 Å². The zero-order valence-corrected chi connectivity index (χ0v) is 7.45. The molecule has 1 saturated heterocycles. The molecule has 0 bridgehead atoms. The Morgan fingerprint density at radius 1 is 1.83 bits per heavy atom. The average Bonchev–Trinajstić information content (AvgIpc) is 2.83. The predicted octanol–water partition coefficient (Wildman–Crippen LogP) is 1.14. The highest BCUT2D eigenvalue weighted by molar-refractivity contribution is 5.81. The Morgan fingerprint density at radius 2 is 2.50 bits per heavy atom. The lowest BCUT2D eigenvalue weighted by Crippen LogP contribution is -2.03. The first-order valence-corrected chi connectivity index (χ1v) is 4.20. The van der Waals surface area contributed by atoms with Gasteiger partial charge in [0.2, 0.25) is 0 Å². The summed E-state index contributed by atoms with van der Waals surface area (Å²) in [6.07, 6.45) is 3.61. The van der Waals surface area contributed by atoms with Gasteiger partial charge in [0.15, 0.2) is 0 Å². The molecule has 3 heteroatoms. The Hall–Kier alpha value is -0.830. The molecule has 1 aliphatic rings. The molecule has 3 nitrogen and oxygen atoms in total. The van der Waals surface area contributed by atoms with Gasteiger partial charge in [-0.15, -0.1) is 0 Å². The van der Waals surface area contributed by atoms with E-state index < -0.39 is 0 Å². The van der Waals surface area contributed by atoms with E-state index in [4.69, 9.17) is 9.47 Å². The minimum atomic E-state index is -0.273. The van der Waals surface area contributed by atoms with E-state index in [2.05, 4.69) is 0 Å². The lowest BCUT2D eigenvalue weighted by molar-refractivity contribution is -0.137. The standard InChI is InChI=1S/C9H14O3/c1-3-11-9(10)5-4-7(2)8-6-12-8/h4-5,7-8H,3,6H2,1-2H3/b5-4+/t7-,8-/m0/s1. The summed E-state index contributed by atoms with van der Waals surface area (Å²) in [5.41, 5.74) is 0. The first kappa shape index (κ1) is 9.26. The summed E-state index contributed by atoms with van der Waals surface area (Å²) < 4.78 is 9.79. The third-order valence-corrected chi connectivity index (χ3v) is 1.77. The van der Waals surface area contributed by atoms with Crippen molar-refractivity contribution < 1.29 is 14.3 Å². The summed E-state index contributed by atoms with van der Waals surface area (Å²) in [4.78, 5) is 10.8. The van der Waals surface area contributed by atoms with Crippen LogP contribution in [0.15, 0.2) is 12.2 Å². The van der Waals surface area contributed by atoms with Crippen molar-refractivity contribution in [2.75, 3.05) is 13.2 Å². The second-order valence-corrected chi connectivity index (χ2v) is 2.84. The molecule has 0 saturated carbocycles. The third-order valence-electron chi connectivity index (χ3n) is 1.77. The van der Waals surface area contributed by atoms with E-state index in [9.17, 15) is 4.79 Å². The minimum Gasteiger partial charge on any atom is -0.463 e. The molecule has 0 N–H and O–H groups in total. The van der Waals surface area contributed by atoms with Gasteiger partial charge in [-0.05, 0) is 6.92 Å². The van der Waals surface area contributed by atoms with Gasteiger partial charge < -0.3 is 9.47 Å². The monoisotopic (exact) mass is 170 g/mol. The topological polar surface area (TPSA) is 38.8 Å². The zero-order valence-electron chi connectivity index (χ0n) is 7.45. The average molecular weight is 170 g/mol. The van der Waals surface area contributed by atoms with Crippen LogP contribution in [0.5, 0.6) is 0 Å². The number of ether oxygens (including phenoxy) is 2. The Bertz CT molecular complexity index is 182. The fourth-order valence-corrected chi connectivity index (χ4v) is 0.904. The van der Waals surface area contributed by atoms with Crippen molar-refractivity contribution in [1.29, 1.82) is 0 Å². The SMILES string of the molecule is CCOC(=O)/C=C/[C@H](C)[C@@H]1CO1. The minimum absolute atomic E-state index is 0.273. The van der Waals surface area contributed by atoms with Crippen molar-refractivity contribution in [3.63, 3.8) is 0 Å². The maximum atomic E-state index is 10.8. The number of esters is 1. The Morgan fingerprint density at radius 3 is 3.00 bits per heavy atom. The summed E-state index contributed by atoms with van der Waals surface area (Å²) >= 11 is 0. The smallest absolute Gasteiger partial charge is 0.330 e. The maximum absolute atomic E-state index is 10.8. The van der Waals surface area contributed by atoms with Crippen LogP contribution in [-0.4, -0.2) is 25.3 Å². The number of carbonyl (C=O) groups is 1. The number of epoxide rings is 1. The molecular weight excluding hydrogens is 156 g/mol. The summed E-state index contributed by atoms with van der Waals surface area (Å²) in [5, 5.41) is 0. The number of hydrogen-bond donors (Lipinski definition) is 0. The predicted molar refractivity (Wildman–Crippen MR) is 44.7 cm³/mol. The molecule has 68 valence electrons. The summed E-state index contributed by atoms with van der Waals surface area (Å²) in [7, 11) is 0. The lowest BCUT2D eigenvalue weighted by Gasteiger charge is -1.99. The normalized spacial score (nSPS) is 24.0. The summed E-state index contributed by atoms with van der Waals surface area (Å²) in [6, 6.07) is 0. The fraction of sp³-hybridized carbons (Fsp3) is 0.667. The van der Waals surface area contributed by atoms with Crippen molar-refractivity contribution in [3.05, 3.63) is 12.2 Å². The van der Waals surface area contributed by atoms with Gasteiger partial charge in [-0.3, -0.25) is 0 Å². The van der Waals surface area contributed by atoms with Gasteiger partial charge in [0.25, 0.3) is 0 Å². The van der Waals surface area contributed by atoms with Crippen LogP contribution < -0.4 is 0 Å². The van der Waals surface area contributed by atoms with Crippen LogP contribution in [0.25, 0.3) is 0 Å². The highest BCUT2D eigenvalue weighted by Crippen LogP contribution is 2.20. The Kier molecular flexibility index (Phi) is 3.29. The quantitative estimate of drug-likeness (QED) is 0.361.